The van der Waals surface area contributed by atoms with Gasteiger partial charge in [-0.25, -0.2) is 8.42 Å². The Morgan fingerprint density at radius 2 is 1.56 bits per heavy atom. The predicted octanol–water partition coefficient (Wildman–Crippen LogP) is 5.68. The molecule has 3 aromatic rings. The third-order valence-electron chi connectivity index (χ3n) is 5.37. The average Bonchev–Trinajstić information content (AvgIpc) is 3.16. The zero-order valence-electron chi connectivity index (χ0n) is 17.8. The molecular weight excluding hydrogens is 448 g/mol. The zero-order valence-corrected chi connectivity index (χ0v) is 19.3. The molecule has 6 nitrogen and oxygen atoms in total. The molecule has 1 N–H and O–H groups in total. The van der Waals surface area contributed by atoms with Gasteiger partial charge in [-0.1, -0.05) is 17.7 Å². The number of aryl methyl sites for hydroxylation is 1. The van der Waals surface area contributed by atoms with Crippen LogP contribution in [0.4, 0.5) is 11.4 Å². The molecule has 1 fully saturated rings. The maximum atomic E-state index is 13.1. The summed E-state index contributed by atoms with van der Waals surface area (Å²) in [6.45, 7) is 4.23. The zero-order chi connectivity index (χ0) is 22.9. The number of sulfonamides is 1. The summed E-state index contributed by atoms with van der Waals surface area (Å²) in [5.41, 5.74) is 2.53. The van der Waals surface area contributed by atoms with Crippen LogP contribution in [0.2, 0.25) is 5.02 Å². The fraction of sp³-hybridized carbons (Fsp3) is 0.208. The van der Waals surface area contributed by atoms with E-state index in [1.807, 2.05) is 6.92 Å². The molecule has 3 aromatic carbocycles. The first-order valence-corrected chi connectivity index (χ1v) is 12.1. The standard InChI is InChI=1S/C24H23ClN2O4S/c1-16-5-14-22(17(2)24(16)27-15-3-4-23(27)28)32(29,30)26-19-8-12-21(13-9-19)31-20-10-6-18(25)7-11-20/h5-14,26H,3-4,15H2,1-2H3. The van der Waals surface area contributed by atoms with Gasteiger partial charge in [0.1, 0.15) is 11.5 Å². The average molecular weight is 471 g/mol. The molecule has 1 saturated heterocycles. The summed E-state index contributed by atoms with van der Waals surface area (Å²) >= 11 is 5.88. The Hall–Kier alpha value is -3.03. The Kier molecular flexibility index (Phi) is 6.13. The van der Waals surface area contributed by atoms with Crippen molar-refractivity contribution in [3.63, 3.8) is 0 Å². The number of nitrogens with zero attached hydrogens (tertiary/aromatic N) is 1. The van der Waals surface area contributed by atoms with Gasteiger partial charge in [-0.15, -0.1) is 0 Å². The van der Waals surface area contributed by atoms with Crippen LogP contribution in [0.1, 0.15) is 24.0 Å². The van der Waals surface area contributed by atoms with Crippen LogP contribution in [-0.2, 0) is 14.8 Å². The molecule has 0 aromatic heterocycles. The van der Waals surface area contributed by atoms with E-state index in [0.29, 0.717) is 46.4 Å². The van der Waals surface area contributed by atoms with E-state index in [2.05, 4.69) is 4.72 Å². The van der Waals surface area contributed by atoms with Crippen molar-refractivity contribution in [1.82, 2.24) is 0 Å². The van der Waals surface area contributed by atoms with E-state index in [0.717, 1.165) is 12.0 Å². The highest BCUT2D eigenvalue weighted by Gasteiger charge is 2.28. The van der Waals surface area contributed by atoms with Gasteiger partial charge in [0.15, 0.2) is 0 Å². The van der Waals surface area contributed by atoms with Crippen molar-refractivity contribution in [3.8, 4) is 11.5 Å². The van der Waals surface area contributed by atoms with E-state index in [4.69, 9.17) is 16.3 Å². The molecular formula is C24H23ClN2O4S. The Balaban J connectivity index is 1.55. The molecule has 1 aliphatic rings. The molecule has 8 heteroatoms. The van der Waals surface area contributed by atoms with Gasteiger partial charge in [-0.2, -0.15) is 0 Å². The first kappa shape index (κ1) is 22.2. The minimum absolute atomic E-state index is 0.0231. The molecule has 4 rings (SSSR count). The molecule has 0 radical (unpaired) electrons. The maximum absolute atomic E-state index is 13.1. The monoisotopic (exact) mass is 470 g/mol. The first-order valence-electron chi connectivity index (χ1n) is 10.2. The molecule has 32 heavy (non-hydrogen) atoms. The van der Waals surface area contributed by atoms with Gasteiger partial charge in [0.25, 0.3) is 10.0 Å². The fourth-order valence-corrected chi connectivity index (χ4v) is 5.28. The van der Waals surface area contributed by atoms with Crippen molar-refractivity contribution in [2.45, 2.75) is 31.6 Å². The van der Waals surface area contributed by atoms with E-state index < -0.39 is 10.0 Å². The summed E-state index contributed by atoms with van der Waals surface area (Å²) in [6, 6.07) is 16.9. The third-order valence-corrected chi connectivity index (χ3v) is 7.15. The molecule has 0 atom stereocenters. The summed E-state index contributed by atoms with van der Waals surface area (Å²) < 4.78 is 34.6. The van der Waals surface area contributed by atoms with Gasteiger partial charge in [0.05, 0.1) is 10.6 Å². The van der Waals surface area contributed by atoms with Gasteiger partial charge in [0, 0.05) is 23.7 Å². The SMILES string of the molecule is Cc1ccc(S(=O)(=O)Nc2ccc(Oc3ccc(Cl)cc3)cc2)c(C)c1N1CCCC1=O. The number of anilines is 2. The van der Waals surface area contributed by atoms with Crippen molar-refractivity contribution in [2.24, 2.45) is 0 Å². The summed E-state index contributed by atoms with van der Waals surface area (Å²) in [5, 5.41) is 0.616. The van der Waals surface area contributed by atoms with Crippen molar-refractivity contribution in [3.05, 3.63) is 76.8 Å². The second-order valence-electron chi connectivity index (χ2n) is 7.69. The first-order chi connectivity index (χ1) is 15.2. The van der Waals surface area contributed by atoms with E-state index in [9.17, 15) is 13.2 Å². The topological polar surface area (TPSA) is 75.7 Å². The van der Waals surface area contributed by atoms with Gasteiger partial charge in [-0.05, 0) is 86.0 Å². The second kappa shape index (κ2) is 8.84. The Labute approximate surface area is 192 Å². The van der Waals surface area contributed by atoms with Crippen LogP contribution < -0.4 is 14.4 Å². The van der Waals surface area contributed by atoms with Crippen LogP contribution in [-0.4, -0.2) is 20.9 Å². The predicted molar refractivity (Wildman–Crippen MR) is 126 cm³/mol. The molecule has 0 saturated carbocycles. The van der Waals surface area contributed by atoms with Gasteiger partial charge in [-0.3, -0.25) is 9.52 Å². The van der Waals surface area contributed by atoms with Crippen molar-refractivity contribution in [1.29, 1.82) is 0 Å². The Morgan fingerprint density at radius 3 is 2.16 bits per heavy atom. The van der Waals surface area contributed by atoms with Crippen molar-refractivity contribution >= 4 is 38.9 Å². The Bertz CT molecular complexity index is 1260. The van der Waals surface area contributed by atoms with Crippen LogP contribution >= 0.6 is 11.6 Å². The number of benzene rings is 3. The number of rotatable bonds is 6. The summed E-state index contributed by atoms with van der Waals surface area (Å²) in [4.78, 5) is 14.1. The minimum Gasteiger partial charge on any atom is -0.457 e. The number of ether oxygens (including phenoxy) is 1. The van der Waals surface area contributed by atoms with E-state index in [1.165, 1.54) is 0 Å². The summed E-state index contributed by atoms with van der Waals surface area (Å²) in [7, 11) is -3.85. The summed E-state index contributed by atoms with van der Waals surface area (Å²) in [5.74, 6) is 1.22. The number of halogens is 1. The Morgan fingerprint density at radius 1 is 0.938 bits per heavy atom. The number of hydrogen-bond acceptors (Lipinski definition) is 4. The molecule has 0 aliphatic carbocycles. The van der Waals surface area contributed by atoms with Crippen LogP contribution in [0.15, 0.2) is 65.6 Å². The number of carbonyl (C=O) groups is 1. The highest BCUT2D eigenvalue weighted by Crippen LogP contribution is 2.34. The molecule has 1 aliphatic heterocycles. The highest BCUT2D eigenvalue weighted by molar-refractivity contribution is 7.92. The van der Waals surface area contributed by atoms with Gasteiger partial charge >= 0.3 is 0 Å². The number of carbonyl (C=O) groups excluding carboxylic acids is 1. The molecule has 1 amide bonds. The van der Waals surface area contributed by atoms with Crippen LogP contribution in [0.3, 0.4) is 0 Å². The molecule has 0 bridgehead atoms. The van der Waals surface area contributed by atoms with Crippen molar-refractivity contribution < 1.29 is 17.9 Å². The number of nitrogens with one attached hydrogen (secondary N) is 1. The van der Waals surface area contributed by atoms with Crippen LogP contribution in [0.5, 0.6) is 11.5 Å². The highest BCUT2D eigenvalue weighted by atomic mass is 35.5. The lowest BCUT2D eigenvalue weighted by molar-refractivity contribution is -0.117. The molecule has 0 spiro atoms. The second-order valence-corrected chi connectivity index (χ2v) is 9.78. The van der Waals surface area contributed by atoms with E-state index in [-0.39, 0.29) is 10.8 Å². The van der Waals surface area contributed by atoms with E-state index >= 15 is 0 Å². The van der Waals surface area contributed by atoms with Crippen LogP contribution in [0.25, 0.3) is 0 Å². The molecule has 0 unspecified atom stereocenters. The fourth-order valence-electron chi connectivity index (χ4n) is 3.85. The van der Waals surface area contributed by atoms with Gasteiger partial charge < -0.3 is 9.64 Å². The van der Waals surface area contributed by atoms with Crippen molar-refractivity contribution in [2.75, 3.05) is 16.2 Å². The number of amides is 1. The van der Waals surface area contributed by atoms with Crippen LogP contribution in [0, 0.1) is 13.8 Å². The third kappa shape index (κ3) is 4.59. The summed E-state index contributed by atoms with van der Waals surface area (Å²) in [6.07, 6.45) is 1.26. The molecule has 1 heterocycles. The largest absolute Gasteiger partial charge is 0.457 e. The quantitative estimate of drug-likeness (QED) is 0.503. The lowest BCUT2D eigenvalue weighted by Crippen LogP contribution is -2.26. The normalized spacial score (nSPS) is 14.0. The smallest absolute Gasteiger partial charge is 0.262 e. The lowest BCUT2D eigenvalue weighted by Gasteiger charge is -2.23. The minimum atomic E-state index is -3.85. The number of hydrogen-bond donors (Lipinski definition) is 1. The van der Waals surface area contributed by atoms with Gasteiger partial charge in [0.2, 0.25) is 5.91 Å². The maximum Gasteiger partial charge on any atom is 0.262 e. The lowest BCUT2D eigenvalue weighted by atomic mass is 10.1. The molecule has 166 valence electrons. The van der Waals surface area contributed by atoms with E-state index in [1.54, 1.807) is 72.5 Å².